The second kappa shape index (κ2) is 8.79. The van der Waals surface area contributed by atoms with E-state index in [-0.39, 0.29) is 17.6 Å². The molecule has 0 amide bonds. The molecule has 7 nitrogen and oxygen atoms in total. The molecule has 1 heterocycles. The van der Waals surface area contributed by atoms with Gasteiger partial charge in [0.2, 0.25) is 10.0 Å². The van der Waals surface area contributed by atoms with Gasteiger partial charge in [-0.05, 0) is 56.2 Å². The van der Waals surface area contributed by atoms with Gasteiger partial charge in [0.05, 0.1) is 5.75 Å². The Morgan fingerprint density at radius 1 is 1.19 bits per heavy atom. The normalized spacial score (nSPS) is 20.5. The van der Waals surface area contributed by atoms with E-state index >= 15 is 0 Å². The number of hydrogen-bond acceptors (Lipinski definition) is 6. The lowest BCUT2D eigenvalue weighted by Crippen LogP contribution is -2.34. The minimum Gasteiger partial charge on any atom is -0.335 e. The highest BCUT2D eigenvalue weighted by Gasteiger charge is 2.23. The largest absolute Gasteiger partial charge is 0.335 e. The predicted octanol–water partition coefficient (Wildman–Crippen LogP) is 2.71. The van der Waals surface area contributed by atoms with Gasteiger partial charge in [-0.3, -0.25) is 0 Å². The van der Waals surface area contributed by atoms with Crippen LogP contribution in [0.1, 0.15) is 44.0 Å². The number of hydrogen-bond donors (Lipinski definition) is 2. The van der Waals surface area contributed by atoms with E-state index in [2.05, 4.69) is 20.2 Å². The first-order valence-electron chi connectivity index (χ1n) is 9.24. The Balaban J connectivity index is 1.44. The lowest BCUT2D eigenvalue weighted by atomic mass is 9.86. The fourth-order valence-electron chi connectivity index (χ4n) is 3.20. The van der Waals surface area contributed by atoms with Crippen molar-refractivity contribution in [2.24, 2.45) is 5.92 Å². The maximum absolute atomic E-state index is 12.9. The van der Waals surface area contributed by atoms with Gasteiger partial charge in [-0.15, -0.1) is 0 Å². The van der Waals surface area contributed by atoms with Crippen molar-refractivity contribution in [2.75, 3.05) is 17.6 Å². The Morgan fingerprint density at radius 3 is 2.56 bits per heavy atom. The molecule has 0 radical (unpaired) electrons. The minimum absolute atomic E-state index is 0.112. The van der Waals surface area contributed by atoms with Crippen LogP contribution in [0.2, 0.25) is 0 Å². The summed E-state index contributed by atoms with van der Waals surface area (Å²) in [6.07, 6.45) is 4.22. The van der Waals surface area contributed by atoms with E-state index in [0.29, 0.717) is 30.7 Å². The van der Waals surface area contributed by atoms with Gasteiger partial charge < -0.3 is 9.84 Å². The molecule has 0 spiro atoms. The third kappa shape index (κ3) is 6.00. The second-order valence-electron chi connectivity index (χ2n) is 6.93. The summed E-state index contributed by atoms with van der Waals surface area (Å²) in [5.74, 6) is 0.751. The molecule has 0 atom stereocenters. The van der Waals surface area contributed by atoms with E-state index in [1.807, 2.05) is 0 Å². The van der Waals surface area contributed by atoms with Crippen molar-refractivity contribution in [3.8, 4) is 0 Å². The van der Waals surface area contributed by atoms with Gasteiger partial charge in [-0.25, -0.2) is 17.5 Å². The SMILES string of the molecule is CCS(=O)(=O)NCC1CCC(Nc2nc(Cc3ccc(F)cc3)no2)CC1. The first kappa shape index (κ1) is 19.8. The molecule has 148 valence electrons. The molecule has 0 aliphatic heterocycles. The van der Waals surface area contributed by atoms with Gasteiger partial charge in [0.1, 0.15) is 5.82 Å². The van der Waals surface area contributed by atoms with Crippen LogP contribution in [0.4, 0.5) is 10.4 Å². The maximum atomic E-state index is 12.9. The molecule has 9 heteroatoms. The number of aromatic nitrogens is 2. The van der Waals surface area contributed by atoms with Crippen molar-refractivity contribution in [1.29, 1.82) is 0 Å². The number of sulfonamides is 1. The molecule has 2 N–H and O–H groups in total. The van der Waals surface area contributed by atoms with E-state index in [1.54, 1.807) is 19.1 Å². The molecule has 3 rings (SSSR count). The zero-order valence-corrected chi connectivity index (χ0v) is 16.1. The molecule has 1 aromatic carbocycles. The van der Waals surface area contributed by atoms with Crippen LogP contribution in [0.5, 0.6) is 0 Å². The minimum atomic E-state index is -3.13. The van der Waals surface area contributed by atoms with Crippen molar-refractivity contribution >= 4 is 16.0 Å². The zero-order chi connectivity index (χ0) is 19.3. The first-order valence-corrected chi connectivity index (χ1v) is 10.9. The summed E-state index contributed by atoms with van der Waals surface area (Å²) < 4.78 is 43.9. The van der Waals surface area contributed by atoms with E-state index in [9.17, 15) is 12.8 Å². The van der Waals surface area contributed by atoms with E-state index in [1.165, 1.54) is 12.1 Å². The van der Waals surface area contributed by atoms with Crippen molar-refractivity contribution < 1.29 is 17.3 Å². The smallest absolute Gasteiger partial charge is 0.321 e. The fourth-order valence-corrected chi connectivity index (χ4v) is 3.90. The van der Waals surface area contributed by atoms with Crippen LogP contribution in [0.25, 0.3) is 0 Å². The average Bonchev–Trinajstić information content (AvgIpc) is 3.10. The van der Waals surface area contributed by atoms with Crippen LogP contribution in [0.3, 0.4) is 0 Å². The summed E-state index contributed by atoms with van der Waals surface area (Å²) in [6.45, 7) is 2.14. The molecule has 1 aliphatic rings. The Kier molecular flexibility index (Phi) is 6.43. The number of nitrogens with one attached hydrogen (secondary N) is 2. The number of anilines is 1. The highest BCUT2D eigenvalue weighted by molar-refractivity contribution is 7.89. The van der Waals surface area contributed by atoms with Crippen molar-refractivity contribution in [3.05, 3.63) is 41.5 Å². The molecule has 1 fully saturated rings. The molecular formula is C18H25FN4O3S. The van der Waals surface area contributed by atoms with E-state index in [4.69, 9.17) is 4.52 Å². The van der Waals surface area contributed by atoms with Crippen LogP contribution in [-0.2, 0) is 16.4 Å². The summed E-state index contributed by atoms with van der Waals surface area (Å²) in [5.41, 5.74) is 0.916. The van der Waals surface area contributed by atoms with Gasteiger partial charge in [0, 0.05) is 19.0 Å². The van der Waals surface area contributed by atoms with Gasteiger partial charge in [-0.2, -0.15) is 4.98 Å². The van der Waals surface area contributed by atoms with Crippen molar-refractivity contribution in [3.63, 3.8) is 0 Å². The Bertz CT molecular complexity index is 831. The standard InChI is InChI=1S/C18H25FN4O3S/c1-2-27(24,25)20-12-14-5-9-16(10-6-14)21-18-22-17(23-26-18)11-13-3-7-15(19)8-4-13/h3-4,7-8,14,16,20H,2,5-6,9-12H2,1H3,(H,21,22,23). The molecule has 0 saturated heterocycles. The number of nitrogens with zero attached hydrogens (tertiary/aromatic N) is 2. The third-order valence-electron chi connectivity index (χ3n) is 4.89. The van der Waals surface area contributed by atoms with E-state index in [0.717, 1.165) is 31.2 Å². The second-order valence-corrected chi connectivity index (χ2v) is 9.03. The highest BCUT2D eigenvalue weighted by atomic mass is 32.2. The molecule has 0 bridgehead atoms. The van der Waals surface area contributed by atoms with Crippen LogP contribution in [0.15, 0.2) is 28.8 Å². The summed E-state index contributed by atoms with van der Waals surface area (Å²) in [4.78, 5) is 4.35. The lowest BCUT2D eigenvalue weighted by molar-refractivity contribution is 0.330. The van der Waals surface area contributed by atoms with Gasteiger partial charge >= 0.3 is 6.01 Å². The summed E-state index contributed by atoms with van der Waals surface area (Å²) in [5, 5.41) is 7.22. The van der Waals surface area contributed by atoms with Gasteiger partial charge in [0.25, 0.3) is 0 Å². The number of rotatable bonds is 8. The highest BCUT2D eigenvalue weighted by Crippen LogP contribution is 2.26. The summed E-state index contributed by atoms with van der Waals surface area (Å²) in [6, 6.07) is 6.85. The maximum Gasteiger partial charge on any atom is 0.321 e. The number of benzene rings is 1. The Hall–Kier alpha value is -2.00. The van der Waals surface area contributed by atoms with Crippen LogP contribution in [0, 0.1) is 11.7 Å². The fraction of sp³-hybridized carbons (Fsp3) is 0.556. The molecule has 0 unspecified atom stereocenters. The molecule has 2 aromatic rings. The Morgan fingerprint density at radius 2 is 1.89 bits per heavy atom. The van der Waals surface area contributed by atoms with Gasteiger partial charge in [-0.1, -0.05) is 17.3 Å². The lowest BCUT2D eigenvalue weighted by Gasteiger charge is -2.28. The quantitative estimate of drug-likeness (QED) is 0.712. The molecular weight excluding hydrogens is 371 g/mol. The first-order chi connectivity index (χ1) is 12.9. The van der Waals surface area contributed by atoms with E-state index < -0.39 is 10.0 Å². The molecule has 1 aliphatic carbocycles. The molecule has 1 saturated carbocycles. The zero-order valence-electron chi connectivity index (χ0n) is 15.3. The Labute approximate surface area is 158 Å². The van der Waals surface area contributed by atoms with Crippen molar-refractivity contribution in [2.45, 2.75) is 45.1 Å². The van der Waals surface area contributed by atoms with Crippen LogP contribution >= 0.6 is 0 Å². The third-order valence-corrected chi connectivity index (χ3v) is 6.26. The van der Waals surface area contributed by atoms with Crippen molar-refractivity contribution in [1.82, 2.24) is 14.9 Å². The predicted molar refractivity (Wildman–Crippen MR) is 100 cm³/mol. The monoisotopic (exact) mass is 396 g/mol. The van der Waals surface area contributed by atoms with Crippen LogP contribution in [-0.4, -0.2) is 36.9 Å². The van der Waals surface area contributed by atoms with Crippen LogP contribution < -0.4 is 10.0 Å². The molecule has 27 heavy (non-hydrogen) atoms. The summed E-state index contributed by atoms with van der Waals surface area (Å²) >= 11 is 0. The average molecular weight is 396 g/mol. The number of halogens is 1. The summed E-state index contributed by atoms with van der Waals surface area (Å²) in [7, 11) is -3.13. The molecule has 1 aromatic heterocycles. The van der Waals surface area contributed by atoms with Gasteiger partial charge in [0.15, 0.2) is 5.82 Å². The topological polar surface area (TPSA) is 97.1 Å².